The molecule has 0 aliphatic rings. The lowest BCUT2D eigenvalue weighted by molar-refractivity contribution is -0.123. The number of para-hydroxylation sites is 1. The van der Waals surface area contributed by atoms with Crippen molar-refractivity contribution in [1.29, 1.82) is 0 Å². The third-order valence-corrected chi connectivity index (χ3v) is 4.58. The summed E-state index contributed by atoms with van der Waals surface area (Å²) in [5.41, 5.74) is 2.43. The van der Waals surface area contributed by atoms with E-state index < -0.39 is 24.5 Å². The van der Waals surface area contributed by atoms with Crippen LogP contribution in [0.1, 0.15) is 30.6 Å². The molecule has 0 fully saturated rings. The number of imide groups is 1. The Balaban J connectivity index is 1.76. The maximum atomic E-state index is 12.7. The van der Waals surface area contributed by atoms with Crippen LogP contribution in [0.25, 0.3) is 22.2 Å². The monoisotopic (exact) mass is 405 g/mol. The van der Waals surface area contributed by atoms with Crippen LogP contribution >= 0.6 is 0 Å². The minimum absolute atomic E-state index is 0.0695. The van der Waals surface area contributed by atoms with Crippen molar-refractivity contribution in [3.8, 4) is 11.3 Å². The molecular weight excluding hydrogens is 382 g/mol. The number of hydrogen-bond acceptors (Lipinski definition) is 5. The zero-order chi connectivity index (χ0) is 21.5. The summed E-state index contributed by atoms with van der Waals surface area (Å²) in [6.45, 7) is 3.17. The molecule has 154 valence electrons. The molecule has 3 amide bonds. The van der Waals surface area contributed by atoms with Gasteiger partial charge >= 0.3 is 12.0 Å². The molecule has 0 unspecified atom stereocenters. The summed E-state index contributed by atoms with van der Waals surface area (Å²) in [6.07, 6.45) is 0.732. The van der Waals surface area contributed by atoms with Crippen LogP contribution in [0.4, 0.5) is 4.79 Å². The van der Waals surface area contributed by atoms with Crippen molar-refractivity contribution in [3.63, 3.8) is 0 Å². The van der Waals surface area contributed by atoms with Crippen molar-refractivity contribution in [1.82, 2.24) is 15.6 Å². The first-order valence-electron chi connectivity index (χ1n) is 9.70. The fourth-order valence-corrected chi connectivity index (χ4v) is 2.83. The quantitative estimate of drug-likeness (QED) is 0.610. The molecule has 2 aromatic carbocycles. The van der Waals surface area contributed by atoms with Crippen LogP contribution in [0.3, 0.4) is 0 Å². The topological polar surface area (TPSA) is 97.4 Å². The molecule has 0 aliphatic carbocycles. The average Bonchev–Trinajstić information content (AvgIpc) is 2.77. The molecule has 0 radical (unpaired) electrons. The van der Waals surface area contributed by atoms with Gasteiger partial charge in [0.05, 0.1) is 16.8 Å². The Bertz CT molecular complexity index is 1070. The number of carbonyl (C=O) groups excluding carboxylic acids is 3. The number of amides is 3. The predicted molar refractivity (Wildman–Crippen MR) is 114 cm³/mol. The number of carbonyl (C=O) groups is 3. The van der Waals surface area contributed by atoms with Gasteiger partial charge in [-0.05, 0) is 25.5 Å². The van der Waals surface area contributed by atoms with Gasteiger partial charge < -0.3 is 10.1 Å². The zero-order valence-corrected chi connectivity index (χ0v) is 16.8. The van der Waals surface area contributed by atoms with E-state index in [2.05, 4.69) is 15.6 Å². The number of esters is 1. The van der Waals surface area contributed by atoms with Gasteiger partial charge in [0, 0.05) is 17.0 Å². The van der Waals surface area contributed by atoms with Gasteiger partial charge in [-0.15, -0.1) is 0 Å². The number of pyridine rings is 1. The molecule has 7 nitrogen and oxygen atoms in total. The first kappa shape index (κ1) is 21.0. The van der Waals surface area contributed by atoms with E-state index in [0.29, 0.717) is 22.2 Å². The highest BCUT2D eigenvalue weighted by atomic mass is 16.5. The van der Waals surface area contributed by atoms with Gasteiger partial charge in [-0.2, -0.15) is 0 Å². The normalized spacial score (nSPS) is 11.5. The summed E-state index contributed by atoms with van der Waals surface area (Å²) in [7, 11) is 0. The van der Waals surface area contributed by atoms with Gasteiger partial charge in [-0.1, -0.05) is 55.5 Å². The number of nitrogens with zero attached hydrogens (tertiary/aromatic N) is 1. The summed E-state index contributed by atoms with van der Waals surface area (Å²) in [5, 5.41) is 5.38. The van der Waals surface area contributed by atoms with Gasteiger partial charge in [0.1, 0.15) is 0 Å². The largest absolute Gasteiger partial charge is 0.452 e. The summed E-state index contributed by atoms with van der Waals surface area (Å²) in [6, 6.07) is 17.6. The first-order chi connectivity index (χ1) is 14.5. The van der Waals surface area contributed by atoms with E-state index in [4.69, 9.17) is 4.74 Å². The van der Waals surface area contributed by atoms with Crippen molar-refractivity contribution in [2.75, 3.05) is 6.61 Å². The molecule has 3 aromatic rings. The second-order valence-electron chi connectivity index (χ2n) is 6.85. The SMILES string of the molecule is CC[C@H](C)NC(=O)NC(=O)COC(=O)c1cc(-c2ccccc2)nc2ccccc12. The minimum Gasteiger partial charge on any atom is -0.452 e. The van der Waals surface area contributed by atoms with Crippen LogP contribution in [-0.4, -0.2) is 35.5 Å². The molecule has 2 N–H and O–H groups in total. The number of urea groups is 1. The van der Waals surface area contributed by atoms with Crippen LogP contribution in [0.15, 0.2) is 60.7 Å². The summed E-state index contributed by atoms with van der Waals surface area (Å²) >= 11 is 0. The molecule has 30 heavy (non-hydrogen) atoms. The van der Waals surface area contributed by atoms with Crippen LogP contribution in [0.5, 0.6) is 0 Å². The molecule has 1 atom stereocenters. The Morgan fingerprint density at radius 3 is 2.47 bits per heavy atom. The summed E-state index contributed by atoms with van der Waals surface area (Å²) in [4.78, 5) is 41.0. The molecule has 1 aromatic heterocycles. The Labute approximate surface area is 174 Å². The van der Waals surface area contributed by atoms with Gasteiger partial charge in [0.15, 0.2) is 6.61 Å². The highest BCUT2D eigenvalue weighted by molar-refractivity contribution is 6.05. The van der Waals surface area contributed by atoms with Crippen molar-refractivity contribution < 1.29 is 19.1 Å². The van der Waals surface area contributed by atoms with E-state index in [0.717, 1.165) is 12.0 Å². The number of aromatic nitrogens is 1. The Hall–Kier alpha value is -3.74. The second kappa shape index (κ2) is 9.65. The second-order valence-corrected chi connectivity index (χ2v) is 6.85. The maximum Gasteiger partial charge on any atom is 0.339 e. The molecule has 0 aliphatic heterocycles. The predicted octanol–water partition coefficient (Wildman–Crippen LogP) is 3.68. The number of rotatable bonds is 6. The smallest absolute Gasteiger partial charge is 0.339 e. The number of fused-ring (bicyclic) bond motifs is 1. The molecule has 0 saturated carbocycles. The molecule has 0 saturated heterocycles. The molecule has 0 bridgehead atoms. The van der Waals surface area contributed by atoms with Crippen molar-refractivity contribution in [3.05, 3.63) is 66.2 Å². The fourth-order valence-electron chi connectivity index (χ4n) is 2.83. The van der Waals surface area contributed by atoms with E-state index in [1.165, 1.54) is 0 Å². The summed E-state index contributed by atoms with van der Waals surface area (Å²) in [5.74, 6) is -1.37. The van der Waals surface area contributed by atoms with Crippen molar-refractivity contribution in [2.45, 2.75) is 26.3 Å². The maximum absolute atomic E-state index is 12.7. The third-order valence-electron chi connectivity index (χ3n) is 4.58. The number of nitrogens with one attached hydrogen (secondary N) is 2. The molecule has 3 rings (SSSR count). The molecule has 7 heteroatoms. The standard InChI is InChI=1S/C23H23N3O4/c1-3-15(2)24-23(29)26-21(27)14-30-22(28)18-13-20(16-9-5-4-6-10-16)25-19-12-8-7-11-17(18)19/h4-13,15H,3,14H2,1-2H3,(H2,24,26,27,29)/t15-/m0/s1. The Kier molecular flexibility index (Phi) is 6.75. The van der Waals surface area contributed by atoms with Crippen molar-refractivity contribution >= 4 is 28.8 Å². The van der Waals surface area contributed by atoms with E-state index in [1.54, 1.807) is 18.2 Å². The number of hydrogen-bond donors (Lipinski definition) is 2. The van der Waals surface area contributed by atoms with Gasteiger partial charge in [0.2, 0.25) is 0 Å². The minimum atomic E-state index is -0.703. The highest BCUT2D eigenvalue weighted by Gasteiger charge is 2.17. The average molecular weight is 405 g/mol. The van der Waals surface area contributed by atoms with Crippen LogP contribution < -0.4 is 10.6 Å². The fraction of sp³-hybridized carbons (Fsp3) is 0.217. The molecule has 0 spiro atoms. The van der Waals surface area contributed by atoms with Gasteiger partial charge in [-0.25, -0.2) is 14.6 Å². The van der Waals surface area contributed by atoms with Crippen LogP contribution in [-0.2, 0) is 9.53 Å². The lowest BCUT2D eigenvalue weighted by atomic mass is 10.0. The molecular formula is C23H23N3O4. The lowest BCUT2D eigenvalue weighted by Crippen LogP contribution is -2.44. The van der Waals surface area contributed by atoms with Gasteiger partial charge in [-0.3, -0.25) is 10.1 Å². The Morgan fingerprint density at radius 1 is 1.03 bits per heavy atom. The number of benzene rings is 2. The summed E-state index contributed by atoms with van der Waals surface area (Å²) < 4.78 is 5.16. The van der Waals surface area contributed by atoms with Gasteiger partial charge in [0.25, 0.3) is 5.91 Å². The van der Waals surface area contributed by atoms with E-state index in [1.807, 2.05) is 56.3 Å². The highest BCUT2D eigenvalue weighted by Crippen LogP contribution is 2.25. The third kappa shape index (κ3) is 5.20. The lowest BCUT2D eigenvalue weighted by Gasteiger charge is -2.12. The van der Waals surface area contributed by atoms with E-state index >= 15 is 0 Å². The van der Waals surface area contributed by atoms with E-state index in [-0.39, 0.29) is 6.04 Å². The first-order valence-corrected chi connectivity index (χ1v) is 9.70. The van der Waals surface area contributed by atoms with E-state index in [9.17, 15) is 14.4 Å². The number of ether oxygens (including phenoxy) is 1. The van der Waals surface area contributed by atoms with Crippen LogP contribution in [0, 0.1) is 0 Å². The van der Waals surface area contributed by atoms with Crippen LogP contribution in [0.2, 0.25) is 0 Å². The van der Waals surface area contributed by atoms with Crippen molar-refractivity contribution in [2.24, 2.45) is 0 Å². The Morgan fingerprint density at radius 2 is 1.73 bits per heavy atom. The molecule has 1 heterocycles. The zero-order valence-electron chi connectivity index (χ0n) is 16.8.